The first kappa shape index (κ1) is 30.2. The number of rotatable bonds is 5. The molecule has 1 aliphatic rings. The highest BCUT2D eigenvalue weighted by Crippen LogP contribution is 2.53. The van der Waals surface area contributed by atoms with Crippen molar-refractivity contribution in [3.05, 3.63) is 181 Å². The van der Waals surface area contributed by atoms with Gasteiger partial charge in [0.2, 0.25) is 0 Å². The maximum atomic E-state index is 5.27. The summed E-state index contributed by atoms with van der Waals surface area (Å²) in [6.45, 7) is 4.67. The molecule has 2 heterocycles. The summed E-state index contributed by atoms with van der Waals surface area (Å²) in [5, 5.41) is 1.05. The van der Waals surface area contributed by atoms with Gasteiger partial charge in [-0.2, -0.15) is 0 Å². The zero-order valence-electron chi connectivity index (χ0n) is 29.0. The number of fused-ring (bicyclic) bond motifs is 5. The number of hydrogen-bond acceptors (Lipinski definition) is 3. The van der Waals surface area contributed by atoms with Gasteiger partial charge in [0.05, 0.1) is 22.2 Å². The van der Waals surface area contributed by atoms with Crippen molar-refractivity contribution in [2.24, 2.45) is 0 Å². The number of imidazole rings is 1. The van der Waals surface area contributed by atoms with Crippen molar-refractivity contribution in [3.8, 4) is 62.0 Å². The van der Waals surface area contributed by atoms with E-state index in [2.05, 4.69) is 182 Å². The highest BCUT2D eigenvalue weighted by atomic mass is 15.1. The lowest BCUT2D eigenvalue weighted by Gasteiger charge is -2.22. The first-order valence-electron chi connectivity index (χ1n) is 17.8. The van der Waals surface area contributed by atoms with Crippen LogP contribution < -0.4 is 0 Å². The molecule has 10 rings (SSSR count). The summed E-state index contributed by atoms with van der Waals surface area (Å²) < 4.78 is 2.26. The smallest absolute Gasteiger partial charge is 0.161 e. The molecule has 9 aromatic rings. The van der Waals surface area contributed by atoms with E-state index in [1.807, 2.05) is 6.07 Å². The van der Waals surface area contributed by atoms with E-state index in [-0.39, 0.29) is 5.41 Å². The molecule has 0 atom stereocenters. The zero-order valence-corrected chi connectivity index (χ0v) is 29.0. The van der Waals surface area contributed by atoms with Crippen LogP contribution in [-0.2, 0) is 5.41 Å². The third-order valence-corrected chi connectivity index (χ3v) is 10.6. The molecular weight excluding hydrogens is 633 g/mol. The molecule has 4 heteroatoms. The Hall–Kier alpha value is -6.65. The first-order valence-corrected chi connectivity index (χ1v) is 17.8. The van der Waals surface area contributed by atoms with E-state index in [4.69, 9.17) is 15.0 Å². The number of nitrogens with zero attached hydrogens (tertiary/aromatic N) is 4. The van der Waals surface area contributed by atoms with Gasteiger partial charge in [-0.05, 0) is 75.8 Å². The van der Waals surface area contributed by atoms with Crippen LogP contribution in [0.5, 0.6) is 0 Å². The molecule has 0 fully saturated rings. The molecule has 7 aromatic carbocycles. The average molecular weight is 667 g/mol. The predicted octanol–water partition coefficient (Wildman–Crippen LogP) is 11.9. The Morgan fingerprint density at radius 2 is 1.13 bits per heavy atom. The van der Waals surface area contributed by atoms with E-state index in [0.29, 0.717) is 0 Å². The van der Waals surface area contributed by atoms with Crippen LogP contribution in [0.15, 0.2) is 170 Å². The van der Waals surface area contributed by atoms with E-state index in [9.17, 15) is 0 Å². The van der Waals surface area contributed by atoms with E-state index < -0.39 is 0 Å². The maximum Gasteiger partial charge on any atom is 0.161 e. The van der Waals surface area contributed by atoms with Crippen LogP contribution in [0.1, 0.15) is 25.0 Å². The van der Waals surface area contributed by atoms with Gasteiger partial charge in [-0.1, -0.05) is 141 Å². The molecule has 52 heavy (non-hydrogen) atoms. The Labute approximate surface area is 302 Å². The fraction of sp³-hybridized carbons (Fsp3) is 0.0625. The number of hydrogen-bond donors (Lipinski definition) is 0. The van der Waals surface area contributed by atoms with Gasteiger partial charge in [0, 0.05) is 33.2 Å². The lowest BCUT2D eigenvalue weighted by molar-refractivity contribution is 0.660. The highest BCUT2D eigenvalue weighted by Gasteiger charge is 2.37. The molecule has 0 amide bonds. The summed E-state index contributed by atoms with van der Waals surface area (Å²) in [4.78, 5) is 15.6. The molecule has 0 radical (unpaired) electrons. The second kappa shape index (κ2) is 11.7. The minimum atomic E-state index is -0.214. The van der Waals surface area contributed by atoms with Crippen molar-refractivity contribution in [2.45, 2.75) is 19.3 Å². The Morgan fingerprint density at radius 3 is 1.98 bits per heavy atom. The van der Waals surface area contributed by atoms with Crippen LogP contribution in [0, 0.1) is 0 Å². The largest absolute Gasteiger partial charge is 0.292 e. The lowest BCUT2D eigenvalue weighted by Crippen LogP contribution is -2.15. The van der Waals surface area contributed by atoms with Gasteiger partial charge in [-0.15, -0.1) is 0 Å². The van der Waals surface area contributed by atoms with Crippen molar-refractivity contribution >= 4 is 21.9 Å². The summed E-state index contributed by atoms with van der Waals surface area (Å²) in [6, 6.07) is 59.9. The molecule has 0 N–H and O–H groups in total. The SMILES string of the molecule is CC1(C)c2cc(-c3cccc(-c4nc5ccccc5n4-c4ccccc4)c3)ccc2-c2c(-c3nc(-c4ccccc4)c4ccccc4n3)cccc21. The van der Waals surface area contributed by atoms with Gasteiger partial charge in [0.1, 0.15) is 5.82 Å². The Bertz CT molecular complexity index is 2810. The highest BCUT2D eigenvalue weighted by molar-refractivity contribution is 5.97. The van der Waals surface area contributed by atoms with Crippen LogP contribution >= 0.6 is 0 Å². The predicted molar refractivity (Wildman–Crippen MR) is 213 cm³/mol. The normalized spacial score (nSPS) is 13.0. The molecule has 0 saturated carbocycles. The number of aromatic nitrogens is 4. The summed E-state index contributed by atoms with van der Waals surface area (Å²) >= 11 is 0. The second-order valence-electron chi connectivity index (χ2n) is 14.1. The van der Waals surface area contributed by atoms with Gasteiger partial charge in [0.15, 0.2) is 5.82 Å². The summed E-state index contributed by atoms with van der Waals surface area (Å²) in [5.74, 6) is 1.68. The van der Waals surface area contributed by atoms with Crippen molar-refractivity contribution in [1.29, 1.82) is 0 Å². The van der Waals surface area contributed by atoms with Crippen LogP contribution in [0.2, 0.25) is 0 Å². The Balaban J connectivity index is 1.10. The van der Waals surface area contributed by atoms with Gasteiger partial charge in [-0.3, -0.25) is 4.57 Å². The molecule has 2 aromatic heterocycles. The van der Waals surface area contributed by atoms with E-state index >= 15 is 0 Å². The first-order chi connectivity index (χ1) is 25.5. The lowest BCUT2D eigenvalue weighted by atomic mass is 9.81. The van der Waals surface area contributed by atoms with Crippen LogP contribution in [-0.4, -0.2) is 19.5 Å². The van der Waals surface area contributed by atoms with E-state index in [0.717, 1.165) is 67.2 Å². The standard InChI is InChI=1S/C48H34N4/c1-48(2)39-23-14-22-38(46-49-41-24-10-9-21-37(41)45(51-46)31-15-5-3-6-16-31)44(39)36-28-27-33(30-40(36)48)32-17-13-18-34(29-32)47-50-42-25-11-12-26-43(42)52(47)35-19-7-4-8-20-35/h3-30H,1-2H3. The monoisotopic (exact) mass is 666 g/mol. The minimum Gasteiger partial charge on any atom is -0.292 e. The van der Waals surface area contributed by atoms with Crippen LogP contribution in [0.25, 0.3) is 83.9 Å². The average Bonchev–Trinajstić information content (AvgIpc) is 3.71. The third kappa shape index (κ3) is 4.72. The molecule has 246 valence electrons. The van der Waals surface area contributed by atoms with Crippen molar-refractivity contribution in [2.75, 3.05) is 0 Å². The molecule has 0 aliphatic heterocycles. The Morgan fingerprint density at radius 1 is 0.462 bits per heavy atom. The molecule has 1 aliphatic carbocycles. The maximum absolute atomic E-state index is 5.27. The van der Waals surface area contributed by atoms with Crippen LogP contribution in [0.4, 0.5) is 0 Å². The summed E-state index contributed by atoms with van der Waals surface area (Å²) in [6.07, 6.45) is 0. The number of benzene rings is 7. The summed E-state index contributed by atoms with van der Waals surface area (Å²) in [5.41, 5.74) is 15.4. The topological polar surface area (TPSA) is 43.6 Å². The van der Waals surface area contributed by atoms with Gasteiger partial charge in [-0.25, -0.2) is 15.0 Å². The molecule has 0 unspecified atom stereocenters. The van der Waals surface area contributed by atoms with Crippen molar-refractivity contribution < 1.29 is 0 Å². The molecule has 0 bridgehead atoms. The van der Waals surface area contributed by atoms with Crippen LogP contribution in [0.3, 0.4) is 0 Å². The number of para-hydroxylation sites is 4. The fourth-order valence-corrected chi connectivity index (χ4v) is 8.06. The van der Waals surface area contributed by atoms with E-state index in [1.54, 1.807) is 0 Å². The fourth-order valence-electron chi connectivity index (χ4n) is 8.06. The van der Waals surface area contributed by atoms with Gasteiger partial charge < -0.3 is 0 Å². The Kier molecular flexibility index (Phi) is 6.80. The molecule has 4 nitrogen and oxygen atoms in total. The third-order valence-electron chi connectivity index (χ3n) is 10.6. The van der Waals surface area contributed by atoms with Gasteiger partial charge in [0.25, 0.3) is 0 Å². The minimum absolute atomic E-state index is 0.214. The van der Waals surface area contributed by atoms with Gasteiger partial charge >= 0.3 is 0 Å². The zero-order chi connectivity index (χ0) is 34.8. The second-order valence-corrected chi connectivity index (χ2v) is 14.1. The summed E-state index contributed by atoms with van der Waals surface area (Å²) in [7, 11) is 0. The van der Waals surface area contributed by atoms with Crippen molar-refractivity contribution in [3.63, 3.8) is 0 Å². The van der Waals surface area contributed by atoms with E-state index in [1.165, 1.54) is 27.8 Å². The molecule has 0 saturated heterocycles. The molecule has 0 spiro atoms. The quantitative estimate of drug-likeness (QED) is 0.184. The van der Waals surface area contributed by atoms with Crippen molar-refractivity contribution in [1.82, 2.24) is 19.5 Å². The molecular formula is C48H34N4.